The van der Waals surface area contributed by atoms with Gasteiger partial charge in [-0.15, -0.1) is 0 Å². The zero-order chi connectivity index (χ0) is 21.5. The molecule has 0 amide bonds. The van der Waals surface area contributed by atoms with Crippen LogP contribution in [-0.4, -0.2) is 41.0 Å². The van der Waals surface area contributed by atoms with E-state index >= 15 is 0 Å². The molecular weight excluding hydrogens is 400 g/mol. The first kappa shape index (κ1) is 19.4. The van der Waals surface area contributed by atoms with E-state index in [1.807, 2.05) is 6.07 Å². The number of aliphatic imine (C=N–C) groups is 1. The lowest BCUT2D eigenvalue weighted by atomic mass is 10.0. The van der Waals surface area contributed by atoms with Gasteiger partial charge in [0.15, 0.2) is 0 Å². The molecule has 1 atom stereocenters. The van der Waals surface area contributed by atoms with Gasteiger partial charge in [-0.1, -0.05) is 36.4 Å². The fourth-order valence-corrected chi connectivity index (χ4v) is 4.38. The van der Waals surface area contributed by atoms with E-state index < -0.39 is 0 Å². The van der Waals surface area contributed by atoms with Crippen molar-refractivity contribution in [1.82, 2.24) is 9.97 Å². The van der Waals surface area contributed by atoms with E-state index in [0.717, 1.165) is 54.5 Å². The highest BCUT2D eigenvalue weighted by atomic mass is 16.5. The summed E-state index contributed by atoms with van der Waals surface area (Å²) in [7, 11) is 0. The van der Waals surface area contributed by atoms with Crippen LogP contribution in [0.3, 0.4) is 0 Å². The van der Waals surface area contributed by atoms with Crippen LogP contribution < -0.4 is 9.64 Å². The van der Waals surface area contributed by atoms with Crippen molar-refractivity contribution in [2.75, 3.05) is 24.6 Å². The summed E-state index contributed by atoms with van der Waals surface area (Å²) in [6.45, 7) is 5.08. The standard InChI is InChI=1S/C26H26N4O2/c1-26(9-10-26)32-20-8-7-19-15-27-25(21(19)13-20)22-14-24(29-17-28-22)30-11-12-31-23(16-30)18-5-3-2-4-6-18/h2-8,13-14,17,23H,9-12,15-16H2,1H3/t23-/m1/s1. The van der Waals surface area contributed by atoms with E-state index in [4.69, 9.17) is 14.5 Å². The largest absolute Gasteiger partial charge is 0.488 e. The summed E-state index contributed by atoms with van der Waals surface area (Å²) in [4.78, 5) is 16.2. The fraction of sp³-hybridized carbons (Fsp3) is 0.346. The summed E-state index contributed by atoms with van der Waals surface area (Å²) in [6.07, 6.45) is 3.91. The number of hydrogen-bond acceptors (Lipinski definition) is 6. The van der Waals surface area contributed by atoms with Crippen LogP contribution in [0.25, 0.3) is 0 Å². The van der Waals surface area contributed by atoms with Gasteiger partial charge in [-0.3, -0.25) is 4.99 Å². The molecule has 2 aromatic carbocycles. The smallest absolute Gasteiger partial charge is 0.132 e. The van der Waals surface area contributed by atoms with Crippen molar-refractivity contribution in [2.45, 2.75) is 38.0 Å². The highest BCUT2D eigenvalue weighted by Crippen LogP contribution is 2.40. The summed E-state index contributed by atoms with van der Waals surface area (Å²) < 4.78 is 12.2. The molecule has 1 saturated carbocycles. The molecule has 1 aliphatic carbocycles. The van der Waals surface area contributed by atoms with Crippen LogP contribution in [-0.2, 0) is 11.3 Å². The van der Waals surface area contributed by atoms with Gasteiger partial charge in [-0.2, -0.15) is 0 Å². The first-order valence-electron chi connectivity index (χ1n) is 11.3. The predicted octanol–water partition coefficient (Wildman–Crippen LogP) is 4.34. The van der Waals surface area contributed by atoms with E-state index in [-0.39, 0.29) is 11.7 Å². The maximum atomic E-state index is 6.19. The number of hydrogen-bond donors (Lipinski definition) is 0. The molecule has 3 aromatic rings. The number of nitrogens with zero attached hydrogens (tertiary/aromatic N) is 4. The summed E-state index contributed by atoms with van der Waals surface area (Å²) in [5.74, 6) is 1.82. The molecule has 3 aliphatic rings. The number of rotatable bonds is 5. The van der Waals surface area contributed by atoms with Gasteiger partial charge in [-0.05, 0) is 43.0 Å². The summed E-state index contributed by atoms with van der Waals surface area (Å²) in [5, 5.41) is 0. The molecule has 1 saturated heterocycles. The average molecular weight is 427 g/mol. The van der Waals surface area contributed by atoms with Crippen LogP contribution in [0.15, 0.2) is 65.9 Å². The predicted molar refractivity (Wildman–Crippen MR) is 123 cm³/mol. The second-order valence-corrected chi connectivity index (χ2v) is 9.01. The lowest BCUT2D eigenvalue weighted by Gasteiger charge is -2.34. The van der Waals surface area contributed by atoms with E-state index in [0.29, 0.717) is 13.2 Å². The number of aromatic nitrogens is 2. The minimum absolute atomic E-state index is 0.00212. The molecule has 2 aliphatic heterocycles. The minimum atomic E-state index is -0.00212. The van der Waals surface area contributed by atoms with Gasteiger partial charge in [0.25, 0.3) is 0 Å². The van der Waals surface area contributed by atoms with E-state index in [1.165, 1.54) is 11.1 Å². The Morgan fingerprint density at radius 1 is 1.06 bits per heavy atom. The van der Waals surface area contributed by atoms with Crippen LogP contribution >= 0.6 is 0 Å². The molecule has 0 bridgehead atoms. The third-order valence-corrected chi connectivity index (χ3v) is 6.52. The number of fused-ring (bicyclic) bond motifs is 1. The van der Waals surface area contributed by atoms with Gasteiger partial charge in [-0.25, -0.2) is 9.97 Å². The summed E-state index contributed by atoms with van der Waals surface area (Å²) in [5.41, 5.74) is 5.29. The monoisotopic (exact) mass is 426 g/mol. The first-order chi connectivity index (χ1) is 15.7. The van der Waals surface area contributed by atoms with Crippen LogP contribution in [0.5, 0.6) is 5.75 Å². The Kier molecular flexibility index (Phi) is 4.68. The van der Waals surface area contributed by atoms with E-state index in [2.05, 4.69) is 70.3 Å². The molecule has 2 fully saturated rings. The Hall–Kier alpha value is -3.25. The lowest BCUT2D eigenvalue weighted by Crippen LogP contribution is -2.39. The number of morpholine rings is 1. The van der Waals surface area contributed by atoms with Crippen molar-refractivity contribution in [3.63, 3.8) is 0 Å². The maximum absolute atomic E-state index is 6.19. The van der Waals surface area contributed by atoms with Crippen molar-refractivity contribution in [1.29, 1.82) is 0 Å². The first-order valence-corrected chi connectivity index (χ1v) is 11.3. The minimum Gasteiger partial charge on any atom is -0.488 e. The van der Waals surface area contributed by atoms with Crippen molar-refractivity contribution in [2.24, 2.45) is 4.99 Å². The van der Waals surface area contributed by atoms with Crippen LogP contribution in [0.2, 0.25) is 0 Å². The SMILES string of the molecule is CC1(Oc2ccc3c(c2)C(c2cc(N4CCO[C@@H](c5ccccc5)C4)ncn2)=NC3)CC1. The van der Waals surface area contributed by atoms with Crippen molar-refractivity contribution in [3.8, 4) is 5.75 Å². The quantitative estimate of drug-likeness (QED) is 0.608. The normalized spacial score (nSPS) is 21.1. The molecule has 0 radical (unpaired) electrons. The highest BCUT2D eigenvalue weighted by molar-refractivity contribution is 6.14. The number of anilines is 1. The zero-order valence-electron chi connectivity index (χ0n) is 18.2. The second kappa shape index (κ2) is 7.71. The Bertz CT molecular complexity index is 1170. The molecule has 162 valence electrons. The molecule has 0 N–H and O–H groups in total. The van der Waals surface area contributed by atoms with Gasteiger partial charge in [0.05, 0.1) is 24.6 Å². The topological polar surface area (TPSA) is 59.8 Å². The third kappa shape index (κ3) is 3.75. The molecule has 6 rings (SSSR count). The van der Waals surface area contributed by atoms with Crippen molar-refractivity contribution >= 4 is 11.5 Å². The molecule has 6 nitrogen and oxygen atoms in total. The zero-order valence-corrected chi connectivity index (χ0v) is 18.2. The number of ether oxygens (including phenoxy) is 2. The molecule has 1 aromatic heterocycles. The summed E-state index contributed by atoms with van der Waals surface area (Å²) >= 11 is 0. The van der Waals surface area contributed by atoms with Gasteiger partial charge in [0, 0.05) is 24.7 Å². The van der Waals surface area contributed by atoms with Gasteiger partial charge in [0.1, 0.15) is 29.6 Å². The molecule has 32 heavy (non-hydrogen) atoms. The Labute approximate surface area is 187 Å². The van der Waals surface area contributed by atoms with Gasteiger partial charge < -0.3 is 14.4 Å². The van der Waals surface area contributed by atoms with Gasteiger partial charge >= 0.3 is 0 Å². The fourth-order valence-electron chi connectivity index (χ4n) is 4.38. The van der Waals surface area contributed by atoms with Crippen LogP contribution in [0, 0.1) is 0 Å². The molecule has 0 spiro atoms. The van der Waals surface area contributed by atoms with E-state index in [9.17, 15) is 0 Å². The van der Waals surface area contributed by atoms with Crippen molar-refractivity contribution in [3.05, 3.63) is 83.3 Å². The van der Waals surface area contributed by atoms with Crippen LogP contribution in [0.4, 0.5) is 5.82 Å². The Morgan fingerprint density at radius 3 is 2.78 bits per heavy atom. The van der Waals surface area contributed by atoms with Gasteiger partial charge in [0.2, 0.25) is 0 Å². The van der Waals surface area contributed by atoms with E-state index in [1.54, 1.807) is 6.33 Å². The summed E-state index contributed by atoms with van der Waals surface area (Å²) in [6, 6.07) is 18.7. The second-order valence-electron chi connectivity index (χ2n) is 9.01. The maximum Gasteiger partial charge on any atom is 0.132 e. The Morgan fingerprint density at radius 2 is 1.94 bits per heavy atom. The van der Waals surface area contributed by atoms with Crippen molar-refractivity contribution < 1.29 is 9.47 Å². The van der Waals surface area contributed by atoms with Crippen LogP contribution in [0.1, 0.15) is 48.3 Å². The Balaban J connectivity index is 1.25. The molecule has 0 unspecified atom stereocenters. The highest BCUT2D eigenvalue weighted by Gasteiger charge is 2.40. The average Bonchev–Trinajstić information content (AvgIpc) is 3.42. The lowest BCUT2D eigenvalue weighted by molar-refractivity contribution is 0.0395. The molecule has 6 heteroatoms. The molecule has 3 heterocycles. The molecular formula is C26H26N4O2. The number of benzene rings is 2. The third-order valence-electron chi connectivity index (χ3n) is 6.52.